The lowest BCUT2D eigenvalue weighted by Crippen LogP contribution is -2.32. The zero-order chi connectivity index (χ0) is 25.8. The fourth-order valence-electron chi connectivity index (χ4n) is 4.37. The van der Waals surface area contributed by atoms with Crippen LogP contribution < -0.4 is 11.1 Å². The Hall–Kier alpha value is -3.65. The minimum Gasteiger partial charge on any atom is -0.477 e. The number of aromatic nitrogens is 1. The summed E-state index contributed by atoms with van der Waals surface area (Å²) in [6.45, 7) is 2.72. The number of nitrogens with one attached hydrogen (secondary N) is 1. The number of rotatable bonds is 10. The fraction of sp³-hybridized carbons (Fsp3) is 0.214. The molecule has 0 spiro atoms. The van der Waals surface area contributed by atoms with Crippen molar-refractivity contribution in [2.24, 2.45) is 5.73 Å². The highest BCUT2D eigenvalue weighted by Gasteiger charge is 2.17. The number of carboxylic acid groups (broad SMARTS) is 1. The second-order valence-corrected chi connectivity index (χ2v) is 9.40. The molecule has 2 atom stereocenters. The fourth-order valence-corrected chi connectivity index (χ4v) is 4.57. The Bertz CT molecular complexity index is 1420. The molecule has 0 unspecified atom stereocenters. The van der Waals surface area contributed by atoms with Crippen molar-refractivity contribution in [2.45, 2.75) is 32.0 Å². The summed E-state index contributed by atoms with van der Waals surface area (Å²) in [5.41, 5.74) is 9.32. The molecule has 7 nitrogen and oxygen atoms in total. The first kappa shape index (κ1) is 25.4. The molecule has 0 aliphatic rings. The van der Waals surface area contributed by atoms with E-state index in [0.29, 0.717) is 30.1 Å². The van der Waals surface area contributed by atoms with Crippen LogP contribution in [0.2, 0.25) is 5.02 Å². The van der Waals surface area contributed by atoms with Crippen LogP contribution in [-0.4, -0.2) is 39.2 Å². The van der Waals surface area contributed by atoms with Crippen molar-refractivity contribution in [1.82, 2.24) is 9.88 Å². The SMILES string of the molecule is C[C@H](Cc1ccc2c(c1)cc(C(=O)O)n2Cc1cccc(C(N)=O)c1)NC[C@H](O)c1cccc(Cl)c1. The number of fused-ring (bicyclic) bond motifs is 1. The van der Waals surface area contributed by atoms with Gasteiger partial charge in [-0.1, -0.05) is 41.9 Å². The summed E-state index contributed by atoms with van der Waals surface area (Å²) in [4.78, 5) is 23.5. The Labute approximate surface area is 214 Å². The summed E-state index contributed by atoms with van der Waals surface area (Å²) in [6.07, 6.45) is 0.0285. The molecular formula is C28H28ClN3O4. The number of benzene rings is 3. The molecular weight excluding hydrogens is 478 g/mol. The Morgan fingerprint density at radius 2 is 1.81 bits per heavy atom. The molecule has 0 saturated heterocycles. The number of aliphatic hydroxyl groups is 1. The number of aromatic carboxylic acids is 1. The second kappa shape index (κ2) is 11.0. The van der Waals surface area contributed by atoms with E-state index < -0.39 is 18.0 Å². The molecule has 3 aromatic carbocycles. The molecule has 186 valence electrons. The van der Waals surface area contributed by atoms with E-state index in [0.717, 1.165) is 27.6 Å². The van der Waals surface area contributed by atoms with Gasteiger partial charge in [-0.2, -0.15) is 0 Å². The Balaban J connectivity index is 1.49. The number of carboxylic acids is 1. The third kappa shape index (κ3) is 5.94. The Morgan fingerprint density at radius 1 is 1.03 bits per heavy atom. The zero-order valence-corrected chi connectivity index (χ0v) is 20.6. The molecule has 0 aliphatic carbocycles. The van der Waals surface area contributed by atoms with Crippen LogP contribution in [-0.2, 0) is 13.0 Å². The molecule has 4 rings (SSSR count). The molecule has 36 heavy (non-hydrogen) atoms. The van der Waals surface area contributed by atoms with Gasteiger partial charge in [-0.3, -0.25) is 4.79 Å². The van der Waals surface area contributed by atoms with Crippen molar-refractivity contribution in [2.75, 3.05) is 6.54 Å². The molecule has 0 bridgehead atoms. The summed E-state index contributed by atoms with van der Waals surface area (Å²) in [5.74, 6) is -1.55. The van der Waals surface area contributed by atoms with E-state index in [9.17, 15) is 19.8 Å². The first-order chi connectivity index (χ1) is 17.2. The lowest BCUT2D eigenvalue weighted by molar-refractivity contribution is 0.0686. The first-order valence-electron chi connectivity index (χ1n) is 11.6. The average molecular weight is 506 g/mol. The van der Waals surface area contributed by atoms with E-state index in [1.54, 1.807) is 41.0 Å². The van der Waals surface area contributed by atoms with E-state index in [-0.39, 0.29) is 11.7 Å². The van der Waals surface area contributed by atoms with Crippen LogP contribution in [0.15, 0.2) is 72.8 Å². The number of primary amides is 1. The van der Waals surface area contributed by atoms with Gasteiger partial charge in [0, 0.05) is 40.6 Å². The maximum absolute atomic E-state index is 12.0. The van der Waals surface area contributed by atoms with Gasteiger partial charge in [0.1, 0.15) is 5.69 Å². The third-order valence-electron chi connectivity index (χ3n) is 6.17. The van der Waals surface area contributed by atoms with E-state index >= 15 is 0 Å². The highest BCUT2D eigenvalue weighted by molar-refractivity contribution is 6.30. The first-order valence-corrected chi connectivity index (χ1v) is 12.0. The van der Waals surface area contributed by atoms with Gasteiger partial charge in [0.2, 0.25) is 5.91 Å². The number of halogens is 1. The van der Waals surface area contributed by atoms with E-state index in [1.165, 1.54) is 0 Å². The third-order valence-corrected chi connectivity index (χ3v) is 6.41. The van der Waals surface area contributed by atoms with Crippen molar-refractivity contribution in [1.29, 1.82) is 0 Å². The molecule has 0 radical (unpaired) electrons. The van der Waals surface area contributed by atoms with Gasteiger partial charge in [0.25, 0.3) is 0 Å². The minimum absolute atomic E-state index is 0.0776. The van der Waals surface area contributed by atoms with Gasteiger partial charge in [-0.05, 0) is 72.5 Å². The standard InChI is InChI=1S/C28H28ClN3O4/c1-17(31-15-26(33)20-5-3-7-23(29)13-20)10-18-8-9-24-22(11-18)14-25(28(35)36)32(24)16-19-4-2-6-21(12-19)27(30)34/h2-9,11-14,17,26,31,33H,10,15-16H2,1H3,(H2,30,34)(H,35,36)/t17-,26+/m1/s1. The number of aliphatic hydroxyl groups excluding tert-OH is 1. The summed E-state index contributed by atoms with van der Waals surface area (Å²) in [6, 6.07) is 21.7. The van der Waals surface area contributed by atoms with Crippen molar-refractivity contribution in [3.63, 3.8) is 0 Å². The number of carbonyl (C=O) groups is 2. The quantitative estimate of drug-likeness (QED) is 0.255. The predicted octanol–water partition coefficient (Wildman–Crippen LogP) is 4.39. The molecule has 0 aliphatic heterocycles. The number of hydrogen-bond acceptors (Lipinski definition) is 4. The van der Waals surface area contributed by atoms with Crippen molar-refractivity contribution in [3.05, 3.63) is 106 Å². The van der Waals surface area contributed by atoms with Gasteiger partial charge in [-0.15, -0.1) is 0 Å². The van der Waals surface area contributed by atoms with Crippen molar-refractivity contribution >= 4 is 34.4 Å². The summed E-state index contributed by atoms with van der Waals surface area (Å²) in [7, 11) is 0. The lowest BCUT2D eigenvalue weighted by atomic mass is 10.0. The van der Waals surface area contributed by atoms with E-state index in [4.69, 9.17) is 17.3 Å². The number of hydrogen-bond donors (Lipinski definition) is 4. The van der Waals surface area contributed by atoms with Crippen LogP contribution in [0.4, 0.5) is 0 Å². The highest BCUT2D eigenvalue weighted by atomic mass is 35.5. The smallest absolute Gasteiger partial charge is 0.352 e. The van der Waals surface area contributed by atoms with Crippen LogP contribution in [0.3, 0.4) is 0 Å². The summed E-state index contributed by atoms with van der Waals surface area (Å²) >= 11 is 6.02. The van der Waals surface area contributed by atoms with Gasteiger partial charge in [0.05, 0.1) is 6.10 Å². The lowest BCUT2D eigenvalue weighted by Gasteiger charge is -2.18. The number of carbonyl (C=O) groups excluding carboxylic acids is 1. The molecule has 1 heterocycles. The zero-order valence-electron chi connectivity index (χ0n) is 19.8. The van der Waals surface area contributed by atoms with Gasteiger partial charge >= 0.3 is 5.97 Å². The summed E-state index contributed by atoms with van der Waals surface area (Å²) < 4.78 is 1.73. The predicted molar refractivity (Wildman–Crippen MR) is 141 cm³/mol. The van der Waals surface area contributed by atoms with Crippen LogP contribution in [0.25, 0.3) is 10.9 Å². The number of nitrogens with zero attached hydrogens (tertiary/aromatic N) is 1. The Kier molecular flexibility index (Phi) is 7.74. The minimum atomic E-state index is -1.02. The Morgan fingerprint density at radius 3 is 2.53 bits per heavy atom. The molecule has 4 aromatic rings. The molecule has 5 N–H and O–H groups in total. The van der Waals surface area contributed by atoms with Gasteiger partial charge in [-0.25, -0.2) is 4.79 Å². The summed E-state index contributed by atoms with van der Waals surface area (Å²) in [5, 5.41) is 25.0. The van der Waals surface area contributed by atoms with Gasteiger partial charge in [0.15, 0.2) is 0 Å². The van der Waals surface area contributed by atoms with Crippen LogP contribution in [0, 0.1) is 0 Å². The van der Waals surface area contributed by atoms with Crippen LogP contribution in [0.1, 0.15) is 50.6 Å². The molecule has 0 fully saturated rings. The largest absolute Gasteiger partial charge is 0.477 e. The second-order valence-electron chi connectivity index (χ2n) is 8.96. The molecule has 1 amide bonds. The monoisotopic (exact) mass is 505 g/mol. The molecule has 8 heteroatoms. The topological polar surface area (TPSA) is 118 Å². The maximum Gasteiger partial charge on any atom is 0.352 e. The van der Waals surface area contributed by atoms with Crippen LogP contribution >= 0.6 is 11.6 Å². The molecule has 0 saturated carbocycles. The van der Waals surface area contributed by atoms with Crippen molar-refractivity contribution in [3.8, 4) is 0 Å². The molecule has 1 aromatic heterocycles. The number of amides is 1. The van der Waals surface area contributed by atoms with Crippen LogP contribution in [0.5, 0.6) is 0 Å². The average Bonchev–Trinajstić information content (AvgIpc) is 3.20. The van der Waals surface area contributed by atoms with Gasteiger partial charge < -0.3 is 25.8 Å². The maximum atomic E-state index is 12.0. The normalized spacial score (nSPS) is 13.0. The highest BCUT2D eigenvalue weighted by Crippen LogP contribution is 2.24. The van der Waals surface area contributed by atoms with Crippen molar-refractivity contribution < 1.29 is 19.8 Å². The number of nitrogens with two attached hydrogens (primary N) is 1. The van der Waals surface area contributed by atoms with E-state index in [1.807, 2.05) is 43.3 Å². The van der Waals surface area contributed by atoms with E-state index in [2.05, 4.69) is 5.32 Å².